The van der Waals surface area contributed by atoms with Crippen molar-refractivity contribution in [2.75, 3.05) is 0 Å². The molecule has 0 bridgehead atoms. The van der Waals surface area contributed by atoms with E-state index < -0.39 is 0 Å². The van der Waals surface area contributed by atoms with E-state index in [1.54, 1.807) is 12.4 Å². The van der Waals surface area contributed by atoms with Gasteiger partial charge in [-0.2, -0.15) is 0 Å². The third-order valence-corrected chi connectivity index (χ3v) is 4.62. The average molecular weight is 351 g/mol. The molecular formula is C21H25N3O2. The lowest BCUT2D eigenvalue weighted by Gasteiger charge is -2.26. The predicted molar refractivity (Wildman–Crippen MR) is 100 cm³/mol. The van der Waals surface area contributed by atoms with Gasteiger partial charge in [0.2, 0.25) is 11.8 Å². The first-order chi connectivity index (χ1) is 12.5. The molecule has 0 aliphatic heterocycles. The van der Waals surface area contributed by atoms with Gasteiger partial charge in [0.05, 0.1) is 12.5 Å². The lowest BCUT2D eigenvalue weighted by molar-refractivity contribution is -0.133. The maximum absolute atomic E-state index is 13.0. The van der Waals surface area contributed by atoms with Crippen LogP contribution in [0.1, 0.15) is 48.9 Å². The molecule has 136 valence electrons. The van der Waals surface area contributed by atoms with E-state index in [4.69, 9.17) is 0 Å². The van der Waals surface area contributed by atoms with Gasteiger partial charge in [0.1, 0.15) is 0 Å². The molecule has 1 N–H and O–H groups in total. The van der Waals surface area contributed by atoms with Crippen molar-refractivity contribution in [1.82, 2.24) is 15.2 Å². The van der Waals surface area contributed by atoms with Gasteiger partial charge in [-0.1, -0.05) is 35.9 Å². The minimum absolute atomic E-state index is 0.0654. The van der Waals surface area contributed by atoms with Crippen LogP contribution in [0.2, 0.25) is 0 Å². The Balaban J connectivity index is 1.74. The molecule has 5 nitrogen and oxygen atoms in total. The summed E-state index contributed by atoms with van der Waals surface area (Å²) in [6, 6.07) is 11.8. The van der Waals surface area contributed by atoms with Gasteiger partial charge in [-0.15, -0.1) is 0 Å². The Labute approximate surface area is 154 Å². The van der Waals surface area contributed by atoms with Crippen molar-refractivity contribution in [3.8, 4) is 0 Å². The van der Waals surface area contributed by atoms with E-state index in [0.29, 0.717) is 12.6 Å². The summed E-state index contributed by atoms with van der Waals surface area (Å²) in [5.74, 6) is -0.0655. The van der Waals surface area contributed by atoms with Crippen LogP contribution in [-0.2, 0) is 16.1 Å². The van der Waals surface area contributed by atoms with Crippen LogP contribution in [0, 0.1) is 6.92 Å². The summed E-state index contributed by atoms with van der Waals surface area (Å²) >= 11 is 0. The number of amides is 2. The normalized spacial score (nSPS) is 14.5. The molecule has 1 heterocycles. The topological polar surface area (TPSA) is 62.3 Å². The van der Waals surface area contributed by atoms with Gasteiger partial charge in [0.25, 0.3) is 0 Å². The number of nitrogens with one attached hydrogen (secondary N) is 1. The van der Waals surface area contributed by atoms with Crippen molar-refractivity contribution in [2.24, 2.45) is 0 Å². The molecule has 2 amide bonds. The zero-order valence-electron chi connectivity index (χ0n) is 15.3. The average Bonchev–Trinajstić information content (AvgIpc) is 3.45. The molecule has 1 aromatic heterocycles. The summed E-state index contributed by atoms with van der Waals surface area (Å²) in [6.07, 6.45) is 5.88. The van der Waals surface area contributed by atoms with Gasteiger partial charge in [0.15, 0.2) is 0 Å². The molecule has 5 heteroatoms. The zero-order chi connectivity index (χ0) is 18.5. The number of carbonyl (C=O) groups is 2. The standard InChI is InChI=1S/C21H25N3O2/c1-15-5-7-18(8-6-15)20(23-16(2)25)12-21(26)24(19-9-10-19)14-17-4-3-11-22-13-17/h3-8,11,13,19-20H,9-10,12,14H2,1-2H3,(H,23,25). The monoisotopic (exact) mass is 351 g/mol. The number of benzene rings is 1. The molecule has 1 unspecified atom stereocenters. The highest BCUT2D eigenvalue weighted by molar-refractivity contribution is 5.79. The van der Waals surface area contributed by atoms with Gasteiger partial charge < -0.3 is 10.2 Å². The lowest BCUT2D eigenvalue weighted by Crippen LogP contribution is -2.37. The van der Waals surface area contributed by atoms with Crippen molar-refractivity contribution in [3.05, 3.63) is 65.5 Å². The minimum Gasteiger partial charge on any atom is -0.349 e. The largest absolute Gasteiger partial charge is 0.349 e. The molecule has 26 heavy (non-hydrogen) atoms. The smallest absolute Gasteiger partial charge is 0.225 e. The molecule has 0 saturated heterocycles. The predicted octanol–water partition coefficient (Wildman–Crippen LogP) is 3.15. The van der Waals surface area contributed by atoms with Gasteiger partial charge >= 0.3 is 0 Å². The minimum atomic E-state index is -0.309. The molecule has 1 aliphatic rings. The maximum Gasteiger partial charge on any atom is 0.225 e. The Morgan fingerprint density at radius 1 is 1.23 bits per heavy atom. The number of rotatable bonds is 7. The number of aryl methyl sites for hydroxylation is 1. The van der Waals surface area contributed by atoms with E-state index in [0.717, 1.165) is 29.5 Å². The van der Waals surface area contributed by atoms with Crippen LogP contribution >= 0.6 is 0 Å². The lowest BCUT2D eigenvalue weighted by atomic mass is 10.0. The fourth-order valence-corrected chi connectivity index (χ4v) is 3.08. The quantitative estimate of drug-likeness (QED) is 0.833. The SMILES string of the molecule is CC(=O)NC(CC(=O)N(Cc1cccnc1)C1CC1)c1ccc(C)cc1. The molecule has 1 saturated carbocycles. The maximum atomic E-state index is 13.0. The van der Waals surface area contributed by atoms with Crippen LogP contribution in [0.25, 0.3) is 0 Å². The first-order valence-electron chi connectivity index (χ1n) is 9.05. The highest BCUT2D eigenvalue weighted by atomic mass is 16.2. The highest BCUT2D eigenvalue weighted by Gasteiger charge is 2.33. The first kappa shape index (κ1) is 18.1. The molecule has 1 atom stereocenters. The third kappa shape index (κ3) is 4.91. The summed E-state index contributed by atoms with van der Waals surface area (Å²) in [5, 5.41) is 2.93. The fraction of sp³-hybridized carbons (Fsp3) is 0.381. The number of carbonyl (C=O) groups excluding carboxylic acids is 2. The van der Waals surface area contributed by atoms with Crippen molar-refractivity contribution in [2.45, 2.75) is 51.7 Å². The van der Waals surface area contributed by atoms with Crippen molar-refractivity contribution in [1.29, 1.82) is 0 Å². The van der Waals surface area contributed by atoms with E-state index in [1.165, 1.54) is 6.92 Å². The van der Waals surface area contributed by atoms with Gasteiger partial charge in [0, 0.05) is 31.9 Å². The van der Waals surface area contributed by atoms with Gasteiger partial charge in [-0.3, -0.25) is 14.6 Å². The van der Waals surface area contributed by atoms with Crippen LogP contribution in [0.3, 0.4) is 0 Å². The van der Waals surface area contributed by atoms with Crippen LogP contribution in [0.15, 0.2) is 48.8 Å². The molecule has 0 radical (unpaired) electrons. The Hall–Kier alpha value is -2.69. The van der Waals surface area contributed by atoms with Crippen molar-refractivity contribution < 1.29 is 9.59 Å². The van der Waals surface area contributed by atoms with E-state index in [1.807, 2.05) is 48.2 Å². The van der Waals surface area contributed by atoms with Crippen LogP contribution in [0.5, 0.6) is 0 Å². The van der Waals surface area contributed by atoms with E-state index in [-0.39, 0.29) is 24.3 Å². The second kappa shape index (κ2) is 8.13. The summed E-state index contributed by atoms with van der Waals surface area (Å²) in [6.45, 7) is 4.07. The van der Waals surface area contributed by atoms with Gasteiger partial charge in [-0.25, -0.2) is 0 Å². The second-order valence-electron chi connectivity index (χ2n) is 6.98. The Kier molecular flexibility index (Phi) is 5.66. The van der Waals surface area contributed by atoms with E-state index in [2.05, 4.69) is 10.3 Å². The van der Waals surface area contributed by atoms with Crippen molar-refractivity contribution in [3.63, 3.8) is 0 Å². The number of aromatic nitrogens is 1. The van der Waals surface area contributed by atoms with Crippen LogP contribution in [-0.4, -0.2) is 27.7 Å². The second-order valence-corrected chi connectivity index (χ2v) is 6.98. The summed E-state index contributed by atoms with van der Waals surface area (Å²) in [7, 11) is 0. The molecule has 2 aromatic rings. The van der Waals surface area contributed by atoms with Gasteiger partial charge in [-0.05, 0) is 37.0 Å². The van der Waals surface area contributed by atoms with Crippen LogP contribution < -0.4 is 5.32 Å². The first-order valence-corrected chi connectivity index (χ1v) is 9.05. The number of pyridine rings is 1. The third-order valence-electron chi connectivity index (χ3n) is 4.62. The fourth-order valence-electron chi connectivity index (χ4n) is 3.08. The van der Waals surface area contributed by atoms with Crippen LogP contribution in [0.4, 0.5) is 0 Å². The molecule has 0 spiro atoms. The van der Waals surface area contributed by atoms with Crippen molar-refractivity contribution >= 4 is 11.8 Å². The molecule has 1 fully saturated rings. The number of hydrogen-bond donors (Lipinski definition) is 1. The highest BCUT2D eigenvalue weighted by Crippen LogP contribution is 2.30. The molecule has 1 aromatic carbocycles. The molecule has 1 aliphatic carbocycles. The Morgan fingerprint density at radius 2 is 1.96 bits per heavy atom. The number of hydrogen-bond acceptors (Lipinski definition) is 3. The summed E-state index contributed by atoms with van der Waals surface area (Å²) in [5.41, 5.74) is 3.13. The van der Waals surface area contributed by atoms with E-state index >= 15 is 0 Å². The Morgan fingerprint density at radius 3 is 2.54 bits per heavy atom. The van der Waals surface area contributed by atoms with E-state index in [9.17, 15) is 9.59 Å². The Bertz CT molecular complexity index is 755. The molecular weight excluding hydrogens is 326 g/mol. The molecule has 3 rings (SSSR count). The summed E-state index contributed by atoms with van der Waals surface area (Å²) < 4.78 is 0. The number of nitrogens with zero attached hydrogens (tertiary/aromatic N) is 2. The summed E-state index contributed by atoms with van der Waals surface area (Å²) in [4.78, 5) is 30.7. The zero-order valence-corrected chi connectivity index (χ0v) is 15.3.